The molecular weight excluding hydrogens is 198 g/mol. The molecule has 0 aliphatic carbocycles. The van der Waals surface area contributed by atoms with E-state index in [0.29, 0.717) is 5.56 Å². The van der Waals surface area contributed by atoms with Gasteiger partial charge in [0, 0.05) is 18.0 Å². The molecule has 5 heteroatoms. The van der Waals surface area contributed by atoms with Crippen LogP contribution in [0.3, 0.4) is 0 Å². The zero-order valence-corrected chi connectivity index (χ0v) is 7.93. The van der Waals surface area contributed by atoms with Gasteiger partial charge in [0.1, 0.15) is 6.04 Å². The highest BCUT2D eigenvalue weighted by Crippen LogP contribution is 2.12. The van der Waals surface area contributed by atoms with Crippen molar-refractivity contribution in [2.75, 3.05) is 0 Å². The average Bonchev–Trinajstić information content (AvgIpc) is 2.17. The van der Waals surface area contributed by atoms with E-state index in [0.717, 1.165) is 0 Å². The van der Waals surface area contributed by atoms with Gasteiger partial charge in [0.25, 0.3) is 0 Å². The summed E-state index contributed by atoms with van der Waals surface area (Å²) in [7, 11) is 0. The Labute approximate surface area is 86.1 Å². The molecule has 1 aromatic rings. The standard InChI is InChI=1S/C10H11NO4/c11-8(5-9(12)13)6-1-3-7(4-2-6)10(14)15/h1-4,8H,5,11H2,(H,12,13)(H,14,15)/p-1/t8-/m0/s1. The SMILES string of the molecule is [NH3+][C@@H](CC(=O)[O-])c1ccc(C(=O)[O-])cc1. The molecule has 3 N–H and O–H groups in total. The van der Waals surface area contributed by atoms with E-state index in [1.807, 2.05) is 0 Å². The van der Waals surface area contributed by atoms with E-state index in [1.54, 1.807) is 0 Å². The molecule has 0 heterocycles. The number of carbonyl (C=O) groups excluding carboxylic acids is 2. The lowest BCUT2D eigenvalue weighted by atomic mass is 10.0. The van der Waals surface area contributed by atoms with Crippen LogP contribution in [0.15, 0.2) is 24.3 Å². The second kappa shape index (κ2) is 4.56. The van der Waals surface area contributed by atoms with E-state index in [1.165, 1.54) is 24.3 Å². The van der Waals surface area contributed by atoms with Crippen molar-refractivity contribution in [3.05, 3.63) is 35.4 Å². The summed E-state index contributed by atoms with van der Waals surface area (Å²) in [4.78, 5) is 20.7. The maximum absolute atomic E-state index is 10.4. The summed E-state index contributed by atoms with van der Waals surface area (Å²) in [5, 5.41) is 20.7. The second-order valence-electron chi connectivity index (χ2n) is 3.18. The fraction of sp³-hybridized carbons (Fsp3) is 0.200. The fourth-order valence-electron chi connectivity index (χ4n) is 1.21. The Morgan fingerprint density at radius 1 is 1.20 bits per heavy atom. The predicted molar refractivity (Wildman–Crippen MR) is 46.0 cm³/mol. The fourth-order valence-corrected chi connectivity index (χ4v) is 1.21. The molecule has 0 aliphatic heterocycles. The lowest BCUT2D eigenvalue weighted by molar-refractivity contribution is -0.430. The van der Waals surface area contributed by atoms with Gasteiger partial charge in [0.05, 0.1) is 5.97 Å². The molecule has 0 unspecified atom stereocenters. The molecule has 1 rings (SSSR count). The van der Waals surface area contributed by atoms with Crippen molar-refractivity contribution in [2.45, 2.75) is 12.5 Å². The van der Waals surface area contributed by atoms with Crippen LogP contribution in [-0.2, 0) is 4.79 Å². The quantitative estimate of drug-likeness (QED) is 0.588. The summed E-state index contributed by atoms with van der Waals surface area (Å²) in [5.74, 6) is -2.44. The third-order valence-corrected chi connectivity index (χ3v) is 2.03. The molecule has 0 fully saturated rings. The average molecular weight is 208 g/mol. The molecule has 80 valence electrons. The number of quaternary nitrogens is 1. The molecule has 0 radical (unpaired) electrons. The number of carbonyl (C=O) groups is 2. The molecule has 1 aromatic carbocycles. The van der Waals surface area contributed by atoms with E-state index < -0.39 is 18.0 Å². The van der Waals surface area contributed by atoms with Gasteiger partial charge in [-0.2, -0.15) is 0 Å². The van der Waals surface area contributed by atoms with Gasteiger partial charge in [-0.15, -0.1) is 0 Å². The van der Waals surface area contributed by atoms with E-state index in [4.69, 9.17) is 0 Å². The Bertz CT molecular complexity index is 372. The lowest BCUT2D eigenvalue weighted by Gasteiger charge is -2.10. The zero-order valence-electron chi connectivity index (χ0n) is 7.93. The number of hydrogen-bond donors (Lipinski definition) is 1. The van der Waals surface area contributed by atoms with Crippen LogP contribution in [0.1, 0.15) is 28.4 Å². The third-order valence-electron chi connectivity index (χ3n) is 2.03. The van der Waals surface area contributed by atoms with Crippen LogP contribution in [0.5, 0.6) is 0 Å². The van der Waals surface area contributed by atoms with Crippen molar-refractivity contribution < 1.29 is 25.5 Å². The Morgan fingerprint density at radius 2 is 1.73 bits per heavy atom. The van der Waals surface area contributed by atoms with Gasteiger partial charge in [-0.3, -0.25) is 0 Å². The van der Waals surface area contributed by atoms with Crippen molar-refractivity contribution in [1.29, 1.82) is 0 Å². The first-order valence-electron chi connectivity index (χ1n) is 4.35. The third kappa shape index (κ3) is 3.07. The van der Waals surface area contributed by atoms with Crippen LogP contribution < -0.4 is 15.9 Å². The lowest BCUT2D eigenvalue weighted by Crippen LogP contribution is -2.55. The van der Waals surface area contributed by atoms with E-state index in [2.05, 4.69) is 5.73 Å². The Morgan fingerprint density at radius 3 is 2.13 bits per heavy atom. The molecule has 0 saturated carbocycles. The van der Waals surface area contributed by atoms with E-state index in [9.17, 15) is 19.8 Å². The van der Waals surface area contributed by atoms with Crippen molar-refractivity contribution in [3.63, 3.8) is 0 Å². The molecule has 0 amide bonds. The van der Waals surface area contributed by atoms with Crippen LogP contribution in [0.25, 0.3) is 0 Å². The number of rotatable bonds is 4. The van der Waals surface area contributed by atoms with Crippen LogP contribution >= 0.6 is 0 Å². The molecule has 1 atom stereocenters. The molecule has 15 heavy (non-hydrogen) atoms. The molecular formula is C10H10NO4-. The van der Waals surface area contributed by atoms with E-state index in [-0.39, 0.29) is 12.0 Å². The van der Waals surface area contributed by atoms with Crippen molar-refractivity contribution >= 4 is 11.9 Å². The van der Waals surface area contributed by atoms with Crippen molar-refractivity contribution in [2.24, 2.45) is 0 Å². The van der Waals surface area contributed by atoms with Gasteiger partial charge in [-0.1, -0.05) is 24.3 Å². The summed E-state index contributed by atoms with van der Waals surface area (Å²) in [5.41, 5.74) is 4.35. The van der Waals surface area contributed by atoms with Gasteiger partial charge < -0.3 is 25.5 Å². The van der Waals surface area contributed by atoms with Crippen LogP contribution in [-0.4, -0.2) is 11.9 Å². The largest absolute Gasteiger partial charge is 0.550 e. The number of carboxylic acid groups (broad SMARTS) is 2. The number of hydrogen-bond acceptors (Lipinski definition) is 4. The summed E-state index contributed by atoms with van der Waals surface area (Å²) in [6, 6.07) is 5.32. The Hall–Kier alpha value is -1.88. The minimum atomic E-state index is -1.26. The topological polar surface area (TPSA) is 108 Å². The van der Waals surface area contributed by atoms with Gasteiger partial charge in [0.15, 0.2) is 0 Å². The summed E-state index contributed by atoms with van der Waals surface area (Å²) in [6.45, 7) is 0. The molecule has 0 bridgehead atoms. The first kappa shape index (κ1) is 11.2. The Balaban J connectivity index is 2.79. The molecule has 0 aliphatic rings. The van der Waals surface area contributed by atoms with Gasteiger partial charge in [0.2, 0.25) is 0 Å². The monoisotopic (exact) mass is 208 g/mol. The van der Waals surface area contributed by atoms with Gasteiger partial charge in [-0.05, 0) is 5.56 Å². The maximum Gasteiger partial charge on any atom is 0.115 e. The second-order valence-corrected chi connectivity index (χ2v) is 3.18. The summed E-state index contributed by atoms with van der Waals surface area (Å²) < 4.78 is 0. The van der Waals surface area contributed by atoms with Gasteiger partial charge >= 0.3 is 0 Å². The number of benzene rings is 1. The molecule has 0 spiro atoms. The summed E-state index contributed by atoms with van der Waals surface area (Å²) >= 11 is 0. The van der Waals surface area contributed by atoms with Gasteiger partial charge in [-0.25, -0.2) is 0 Å². The zero-order chi connectivity index (χ0) is 11.4. The highest BCUT2D eigenvalue weighted by atomic mass is 16.4. The number of carboxylic acids is 2. The Kier molecular flexibility index (Phi) is 3.41. The first-order chi connectivity index (χ1) is 7.00. The normalized spacial score (nSPS) is 12.1. The van der Waals surface area contributed by atoms with Crippen molar-refractivity contribution in [3.8, 4) is 0 Å². The van der Waals surface area contributed by atoms with Crippen LogP contribution in [0, 0.1) is 0 Å². The highest BCUT2D eigenvalue weighted by Gasteiger charge is 2.09. The maximum atomic E-state index is 10.4. The molecule has 0 aromatic heterocycles. The number of aromatic carboxylic acids is 1. The van der Waals surface area contributed by atoms with Crippen LogP contribution in [0.4, 0.5) is 0 Å². The van der Waals surface area contributed by atoms with Crippen LogP contribution in [0.2, 0.25) is 0 Å². The molecule has 0 saturated heterocycles. The predicted octanol–water partition coefficient (Wildman–Crippen LogP) is -2.53. The smallest absolute Gasteiger partial charge is 0.115 e. The number of aliphatic carboxylic acids is 1. The highest BCUT2D eigenvalue weighted by molar-refractivity contribution is 5.85. The minimum Gasteiger partial charge on any atom is -0.550 e. The summed E-state index contributed by atoms with van der Waals surface area (Å²) in [6.07, 6.45) is -0.190. The minimum absolute atomic E-state index is 0.0550. The first-order valence-corrected chi connectivity index (χ1v) is 4.35. The molecule has 5 nitrogen and oxygen atoms in total. The van der Waals surface area contributed by atoms with Crippen molar-refractivity contribution in [1.82, 2.24) is 0 Å². The van der Waals surface area contributed by atoms with E-state index >= 15 is 0 Å².